The summed E-state index contributed by atoms with van der Waals surface area (Å²) >= 11 is 0. The van der Waals surface area contributed by atoms with Gasteiger partial charge in [-0.3, -0.25) is 0 Å². The first kappa shape index (κ1) is 13.7. The van der Waals surface area contributed by atoms with Crippen LogP contribution < -0.4 is 0 Å². The van der Waals surface area contributed by atoms with Crippen LogP contribution >= 0.6 is 0 Å². The summed E-state index contributed by atoms with van der Waals surface area (Å²) < 4.78 is 5.88. The predicted molar refractivity (Wildman–Crippen MR) is 82.0 cm³/mol. The SMILES string of the molecule is CC(C)N1CC(c2ccccc2)(c2ccccc2)OC1=O. The third kappa shape index (κ3) is 2.29. The molecule has 3 rings (SSSR count). The van der Waals surface area contributed by atoms with E-state index in [2.05, 4.69) is 0 Å². The molecule has 108 valence electrons. The van der Waals surface area contributed by atoms with Crippen LogP contribution in [-0.4, -0.2) is 23.6 Å². The first-order valence-corrected chi connectivity index (χ1v) is 7.24. The van der Waals surface area contributed by atoms with Crippen molar-refractivity contribution >= 4 is 6.09 Å². The van der Waals surface area contributed by atoms with Gasteiger partial charge in [0.15, 0.2) is 5.60 Å². The summed E-state index contributed by atoms with van der Waals surface area (Å²) in [7, 11) is 0. The van der Waals surface area contributed by atoms with E-state index >= 15 is 0 Å². The van der Waals surface area contributed by atoms with Gasteiger partial charge in [-0.15, -0.1) is 0 Å². The highest BCUT2D eigenvalue weighted by Crippen LogP contribution is 2.40. The number of hydrogen-bond acceptors (Lipinski definition) is 2. The van der Waals surface area contributed by atoms with Crippen LogP contribution in [0, 0.1) is 0 Å². The Kier molecular flexibility index (Phi) is 3.42. The third-order valence-electron chi connectivity index (χ3n) is 3.99. The first-order valence-electron chi connectivity index (χ1n) is 7.24. The Morgan fingerprint density at radius 2 is 1.43 bits per heavy atom. The second-order valence-corrected chi connectivity index (χ2v) is 5.65. The van der Waals surface area contributed by atoms with Crippen LogP contribution in [0.1, 0.15) is 25.0 Å². The fourth-order valence-electron chi connectivity index (χ4n) is 2.82. The molecule has 0 unspecified atom stereocenters. The van der Waals surface area contributed by atoms with E-state index in [9.17, 15) is 4.79 Å². The zero-order chi connectivity index (χ0) is 14.9. The van der Waals surface area contributed by atoms with Gasteiger partial charge >= 0.3 is 6.09 Å². The average molecular weight is 281 g/mol. The first-order chi connectivity index (χ1) is 10.1. The molecule has 0 saturated carbocycles. The number of amides is 1. The Labute approximate surface area is 125 Å². The summed E-state index contributed by atoms with van der Waals surface area (Å²) in [5.74, 6) is 0. The molecule has 0 N–H and O–H groups in total. The second-order valence-electron chi connectivity index (χ2n) is 5.65. The lowest BCUT2D eigenvalue weighted by Crippen LogP contribution is -2.36. The van der Waals surface area contributed by atoms with Gasteiger partial charge in [-0.1, -0.05) is 60.7 Å². The molecular weight excluding hydrogens is 262 g/mol. The van der Waals surface area contributed by atoms with Crippen LogP contribution in [0.25, 0.3) is 0 Å². The lowest BCUT2D eigenvalue weighted by atomic mass is 9.86. The fraction of sp³-hybridized carbons (Fsp3) is 0.278. The molecule has 0 bridgehead atoms. The Balaban J connectivity index is 2.12. The topological polar surface area (TPSA) is 29.5 Å². The van der Waals surface area contributed by atoms with Gasteiger partial charge in [0.2, 0.25) is 0 Å². The van der Waals surface area contributed by atoms with Gasteiger partial charge < -0.3 is 9.64 Å². The molecule has 2 aromatic carbocycles. The predicted octanol–water partition coefficient (Wildman–Crippen LogP) is 3.79. The van der Waals surface area contributed by atoms with Gasteiger partial charge in [0.1, 0.15) is 0 Å². The maximum Gasteiger partial charge on any atom is 0.411 e. The highest BCUT2D eigenvalue weighted by molar-refractivity contribution is 5.72. The minimum absolute atomic E-state index is 0.117. The van der Waals surface area contributed by atoms with Crippen molar-refractivity contribution in [3.05, 3.63) is 71.8 Å². The van der Waals surface area contributed by atoms with Gasteiger partial charge in [0.05, 0.1) is 6.54 Å². The molecule has 1 aliphatic heterocycles. The van der Waals surface area contributed by atoms with Gasteiger partial charge in [0.25, 0.3) is 0 Å². The molecule has 1 amide bonds. The zero-order valence-corrected chi connectivity index (χ0v) is 12.3. The van der Waals surface area contributed by atoms with Crippen molar-refractivity contribution in [3.8, 4) is 0 Å². The highest BCUT2D eigenvalue weighted by Gasteiger charge is 2.48. The number of benzene rings is 2. The van der Waals surface area contributed by atoms with E-state index in [0.717, 1.165) is 11.1 Å². The van der Waals surface area contributed by atoms with Crippen molar-refractivity contribution in [1.82, 2.24) is 4.90 Å². The normalized spacial score (nSPS) is 17.1. The fourth-order valence-corrected chi connectivity index (χ4v) is 2.82. The summed E-state index contributed by atoms with van der Waals surface area (Å²) in [6.07, 6.45) is -0.252. The molecule has 3 nitrogen and oxygen atoms in total. The van der Waals surface area contributed by atoms with E-state index in [1.165, 1.54) is 0 Å². The lowest BCUT2D eigenvalue weighted by molar-refractivity contribution is 0.0856. The molecule has 1 aliphatic rings. The Hall–Kier alpha value is -2.29. The second kappa shape index (κ2) is 5.24. The summed E-state index contributed by atoms with van der Waals surface area (Å²) in [5, 5.41) is 0. The van der Waals surface area contributed by atoms with Crippen molar-refractivity contribution < 1.29 is 9.53 Å². The molecular formula is C18H19NO2. The summed E-state index contributed by atoms with van der Waals surface area (Å²) in [5.41, 5.74) is 1.30. The number of ether oxygens (including phenoxy) is 1. The average Bonchev–Trinajstić information content (AvgIpc) is 2.88. The quantitative estimate of drug-likeness (QED) is 0.856. The van der Waals surface area contributed by atoms with Crippen molar-refractivity contribution in [2.75, 3.05) is 6.54 Å². The van der Waals surface area contributed by atoms with Crippen LogP contribution in [0.2, 0.25) is 0 Å². The molecule has 1 saturated heterocycles. The third-order valence-corrected chi connectivity index (χ3v) is 3.99. The minimum Gasteiger partial charge on any atom is -0.431 e. The van der Waals surface area contributed by atoms with E-state index in [4.69, 9.17) is 4.74 Å². The summed E-state index contributed by atoms with van der Waals surface area (Å²) in [4.78, 5) is 14.1. The largest absolute Gasteiger partial charge is 0.431 e. The number of cyclic esters (lactones) is 1. The molecule has 0 aromatic heterocycles. The van der Waals surface area contributed by atoms with Crippen LogP contribution in [0.5, 0.6) is 0 Å². The van der Waals surface area contributed by atoms with Crippen molar-refractivity contribution in [1.29, 1.82) is 0 Å². The summed E-state index contributed by atoms with van der Waals surface area (Å²) in [6.45, 7) is 4.55. The van der Waals surface area contributed by atoms with Crippen LogP contribution in [0.4, 0.5) is 4.79 Å². The van der Waals surface area contributed by atoms with Crippen molar-refractivity contribution in [3.63, 3.8) is 0 Å². The molecule has 0 radical (unpaired) electrons. The number of hydrogen-bond donors (Lipinski definition) is 0. The van der Waals surface area contributed by atoms with E-state index in [0.29, 0.717) is 6.54 Å². The molecule has 0 aliphatic carbocycles. The molecule has 21 heavy (non-hydrogen) atoms. The van der Waals surface area contributed by atoms with Gasteiger partial charge in [-0.25, -0.2) is 4.79 Å². The number of carbonyl (C=O) groups is 1. The molecule has 1 fully saturated rings. The maximum absolute atomic E-state index is 12.3. The molecule has 1 heterocycles. The zero-order valence-electron chi connectivity index (χ0n) is 12.3. The van der Waals surface area contributed by atoms with E-state index in [1.807, 2.05) is 74.5 Å². The monoisotopic (exact) mass is 281 g/mol. The molecule has 3 heteroatoms. The van der Waals surface area contributed by atoms with E-state index < -0.39 is 5.60 Å². The van der Waals surface area contributed by atoms with E-state index in [-0.39, 0.29) is 12.1 Å². The van der Waals surface area contributed by atoms with Gasteiger partial charge in [0, 0.05) is 17.2 Å². The Bertz CT molecular complexity index is 583. The van der Waals surface area contributed by atoms with Crippen molar-refractivity contribution in [2.45, 2.75) is 25.5 Å². The smallest absolute Gasteiger partial charge is 0.411 e. The number of nitrogens with zero attached hydrogens (tertiary/aromatic N) is 1. The van der Waals surface area contributed by atoms with Gasteiger partial charge in [-0.2, -0.15) is 0 Å². The van der Waals surface area contributed by atoms with Crippen LogP contribution in [0.3, 0.4) is 0 Å². The van der Waals surface area contributed by atoms with E-state index in [1.54, 1.807) is 4.90 Å². The van der Waals surface area contributed by atoms with Gasteiger partial charge in [-0.05, 0) is 13.8 Å². The number of rotatable bonds is 3. The maximum atomic E-state index is 12.3. The minimum atomic E-state index is -0.718. The molecule has 0 atom stereocenters. The standard InChI is InChI=1S/C18H19NO2/c1-14(2)19-13-18(21-17(19)20,15-9-5-3-6-10-15)16-11-7-4-8-12-16/h3-12,14H,13H2,1-2H3. The summed E-state index contributed by atoms with van der Waals surface area (Å²) in [6, 6.07) is 20.0. The Morgan fingerprint density at radius 3 is 1.81 bits per heavy atom. The van der Waals surface area contributed by atoms with Crippen LogP contribution in [-0.2, 0) is 10.3 Å². The number of carbonyl (C=O) groups excluding carboxylic acids is 1. The molecule has 0 spiro atoms. The molecule has 2 aromatic rings. The Morgan fingerprint density at radius 1 is 0.952 bits per heavy atom. The lowest BCUT2D eigenvalue weighted by Gasteiger charge is -2.28. The highest BCUT2D eigenvalue weighted by atomic mass is 16.6. The van der Waals surface area contributed by atoms with Crippen molar-refractivity contribution in [2.24, 2.45) is 0 Å². The van der Waals surface area contributed by atoms with Crippen LogP contribution in [0.15, 0.2) is 60.7 Å².